The minimum Gasteiger partial charge on any atom is -0.339 e. The number of nitrogens with one attached hydrogen (secondary N) is 1. The molecule has 152 valence electrons. The molecule has 1 amide bonds. The lowest BCUT2D eigenvalue weighted by molar-refractivity contribution is 0.0696. The third-order valence-corrected chi connectivity index (χ3v) is 5.93. The fourth-order valence-corrected chi connectivity index (χ4v) is 4.16. The molecule has 4 heterocycles. The molecule has 2 atom stereocenters. The molecule has 28 heavy (non-hydrogen) atoms. The van der Waals surface area contributed by atoms with Crippen LogP contribution in [0.2, 0.25) is 0 Å². The molecule has 1 saturated carbocycles. The molecule has 2 aliphatic heterocycles. The van der Waals surface area contributed by atoms with Gasteiger partial charge in [-0.25, -0.2) is 0 Å². The van der Waals surface area contributed by atoms with Crippen molar-refractivity contribution in [2.45, 2.75) is 56.4 Å². The number of aromatic nitrogens is 4. The molecule has 0 bridgehead atoms. The van der Waals surface area contributed by atoms with Crippen LogP contribution in [0.15, 0.2) is 16.8 Å². The van der Waals surface area contributed by atoms with E-state index in [2.05, 4.69) is 20.6 Å². The molecule has 2 aromatic heterocycles. The van der Waals surface area contributed by atoms with E-state index in [1.807, 2.05) is 21.8 Å². The number of piperidine rings is 2. The van der Waals surface area contributed by atoms with Gasteiger partial charge in [0.15, 0.2) is 5.82 Å². The van der Waals surface area contributed by atoms with Crippen molar-refractivity contribution >= 4 is 18.3 Å². The molecular weight excluding hydrogens is 380 g/mol. The number of rotatable bonds is 4. The number of likely N-dealkylation sites (tertiary alicyclic amines) is 1. The van der Waals surface area contributed by atoms with Gasteiger partial charge in [-0.1, -0.05) is 5.16 Å². The van der Waals surface area contributed by atoms with Gasteiger partial charge in [-0.3, -0.25) is 9.48 Å². The number of carbonyl (C=O) groups excluding carboxylic acids is 1. The fraction of sp³-hybridized carbons (Fsp3) is 0.684. The molecule has 9 heteroatoms. The Bertz CT molecular complexity index is 811. The van der Waals surface area contributed by atoms with Crippen LogP contribution in [-0.2, 0) is 0 Å². The minimum absolute atomic E-state index is 0. The third kappa shape index (κ3) is 3.93. The van der Waals surface area contributed by atoms with Gasteiger partial charge in [-0.05, 0) is 51.1 Å². The van der Waals surface area contributed by atoms with Gasteiger partial charge in [0.2, 0.25) is 5.89 Å². The zero-order chi connectivity index (χ0) is 18.2. The molecule has 0 spiro atoms. The van der Waals surface area contributed by atoms with E-state index in [1.165, 1.54) is 0 Å². The van der Waals surface area contributed by atoms with Gasteiger partial charge in [0.1, 0.15) is 5.69 Å². The molecule has 3 fully saturated rings. The summed E-state index contributed by atoms with van der Waals surface area (Å²) in [6.07, 6.45) is 8.44. The second kappa shape index (κ2) is 8.21. The van der Waals surface area contributed by atoms with Crippen molar-refractivity contribution in [3.05, 3.63) is 29.7 Å². The topological polar surface area (TPSA) is 89.1 Å². The van der Waals surface area contributed by atoms with Crippen molar-refractivity contribution in [2.24, 2.45) is 0 Å². The molecule has 0 radical (unpaired) electrons. The number of amides is 1. The summed E-state index contributed by atoms with van der Waals surface area (Å²) in [4.78, 5) is 19.4. The van der Waals surface area contributed by atoms with E-state index in [1.54, 1.807) is 0 Å². The fourth-order valence-electron chi connectivity index (χ4n) is 4.16. The molecule has 8 nitrogen and oxygen atoms in total. The predicted molar refractivity (Wildman–Crippen MR) is 105 cm³/mol. The molecule has 2 unspecified atom stereocenters. The van der Waals surface area contributed by atoms with Crippen molar-refractivity contribution in [1.29, 1.82) is 0 Å². The lowest BCUT2D eigenvalue weighted by Gasteiger charge is -2.30. The molecule has 0 aromatic carbocycles. The first kappa shape index (κ1) is 19.4. The normalized spacial score (nSPS) is 25.4. The number of carbonyl (C=O) groups is 1. The summed E-state index contributed by atoms with van der Waals surface area (Å²) in [6, 6.07) is 2.19. The summed E-state index contributed by atoms with van der Waals surface area (Å²) in [5.74, 6) is 2.16. The molecule has 2 saturated heterocycles. The van der Waals surface area contributed by atoms with Gasteiger partial charge >= 0.3 is 0 Å². The van der Waals surface area contributed by atoms with Crippen molar-refractivity contribution in [2.75, 3.05) is 26.2 Å². The van der Waals surface area contributed by atoms with Gasteiger partial charge in [-0.2, -0.15) is 10.1 Å². The number of nitrogens with zero attached hydrogens (tertiary/aromatic N) is 5. The van der Waals surface area contributed by atoms with Crippen LogP contribution in [-0.4, -0.2) is 56.9 Å². The molecular formula is C19H27ClN6O2. The second-order valence-corrected chi connectivity index (χ2v) is 8.04. The van der Waals surface area contributed by atoms with Gasteiger partial charge < -0.3 is 14.7 Å². The monoisotopic (exact) mass is 406 g/mol. The molecule has 3 aliphatic rings. The van der Waals surface area contributed by atoms with Crippen molar-refractivity contribution in [3.8, 4) is 0 Å². The van der Waals surface area contributed by atoms with Crippen molar-refractivity contribution < 1.29 is 9.32 Å². The van der Waals surface area contributed by atoms with Crippen LogP contribution < -0.4 is 5.32 Å². The number of hydrogen-bond donors (Lipinski definition) is 1. The van der Waals surface area contributed by atoms with Crippen LogP contribution in [0, 0.1) is 0 Å². The van der Waals surface area contributed by atoms with E-state index < -0.39 is 0 Å². The van der Waals surface area contributed by atoms with Gasteiger partial charge in [0, 0.05) is 37.7 Å². The smallest absolute Gasteiger partial charge is 0.274 e. The first-order valence-electron chi connectivity index (χ1n) is 10.2. The average Bonchev–Trinajstić information content (AvgIpc) is 3.26. The van der Waals surface area contributed by atoms with Crippen molar-refractivity contribution in [1.82, 2.24) is 30.1 Å². The Labute approximate surface area is 170 Å². The first-order valence-corrected chi connectivity index (χ1v) is 10.2. The van der Waals surface area contributed by atoms with Gasteiger partial charge in [0.25, 0.3) is 5.91 Å². The van der Waals surface area contributed by atoms with Crippen LogP contribution in [0.4, 0.5) is 0 Å². The average molecular weight is 407 g/mol. The summed E-state index contributed by atoms with van der Waals surface area (Å²) in [7, 11) is 0. The Morgan fingerprint density at radius 3 is 2.86 bits per heavy atom. The highest BCUT2D eigenvalue weighted by Gasteiger charge is 2.33. The summed E-state index contributed by atoms with van der Waals surface area (Å²) in [5.41, 5.74) is 0.535. The summed E-state index contributed by atoms with van der Waals surface area (Å²) < 4.78 is 7.35. The summed E-state index contributed by atoms with van der Waals surface area (Å²) >= 11 is 0. The standard InChI is InChI=1S/C19H26N6O2.ClH/c26-19(16-7-10-25(22-16)15-4-1-8-20-11-15)24-9-2-3-14(12-24)17-21-18(27-23-17)13-5-6-13;/h7,10,13-15,20H,1-6,8-9,11-12H2;1H. The Hall–Kier alpha value is -1.93. The highest BCUT2D eigenvalue weighted by molar-refractivity contribution is 5.92. The lowest BCUT2D eigenvalue weighted by atomic mass is 9.97. The number of hydrogen-bond acceptors (Lipinski definition) is 6. The first-order chi connectivity index (χ1) is 13.3. The highest BCUT2D eigenvalue weighted by atomic mass is 35.5. The maximum Gasteiger partial charge on any atom is 0.274 e. The Kier molecular flexibility index (Phi) is 5.68. The van der Waals surface area contributed by atoms with Gasteiger partial charge in [0.05, 0.1) is 6.04 Å². The lowest BCUT2D eigenvalue weighted by Crippen LogP contribution is -2.39. The van der Waals surface area contributed by atoms with Crippen LogP contribution >= 0.6 is 12.4 Å². The minimum atomic E-state index is 0. The maximum absolute atomic E-state index is 13.0. The van der Waals surface area contributed by atoms with Crippen LogP contribution in [0.3, 0.4) is 0 Å². The molecule has 1 N–H and O–H groups in total. The molecule has 2 aromatic rings. The SMILES string of the molecule is Cl.O=C(c1ccn(C2CCCNC2)n1)N1CCCC(c2noc(C3CC3)n2)C1. The Balaban J connectivity index is 0.00000192. The van der Waals surface area contributed by atoms with Gasteiger partial charge in [-0.15, -0.1) is 12.4 Å². The summed E-state index contributed by atoms with van der Waals surface area (Å²) in [6.45, 7) is 3.39. The third-order valence-electron chi connectivity index (χ3n) is 5.93. The Morgan fingerprint density at radius 2 is 2.07 bits per heavy atom. The van der Waals surface area contributed by atoms with Crippen LogP contribution in [0.1, 0.15) is 78.6 Å². The quantitative estimate of drug-likeness (QED) is 0.839. The van der Waals surface area contributed by atoms with E-state index in [4.69, 9.17) is 4.52 Å². The largest absolute Gasteiger partial charge is 0.339 e. The molecule has 5 rings (SSSR count). The zero-order valence-corrected chi connectivity index (χ0v) is 16.7. The van der Waals surface area contributed by atoms with E-state index in [-0.39, 0.29) is 24.2 Å². The van der Waals surface area contributed by atoms with Crippen LogP contribution in [0.5, 0.6) is 0 Å². The summed E-state index contributed by atoms with van der Waals surface area (Å²) in [5, 5.41) is 12.2. The number of halogens is 1. The van der Waals surface area contributed by atoms with Crippen molar-refractivity contribution in [3.63, 3.8) is 0 Å². The predicted octanol–water partition coefficient (Wildman–Crippen LogP) is 2.51. The van der Waals surface area contributed by atoms with E-state index in [0.717, 1.165) is 69.9 Å². The van der Waals surface area contributed by atoms with Crippen LogP contribution in [0.25, 0.3) is 0 Å². The second-order valence-electron chi connectivity index (χ2n) is 8.04. The van der Waals surface area contributed by atoms with E-state index in [9.17, 15) is 4.79 Å². The molecule has 1 aliphatic carbocycles. The Morgan fingerprint density at radius 1 is 1.18 bits per heavy atom. The highest BCUT2D eigenvalue weighted by Crippen LogP contribution is 2.39. The zero-order valence-electron chi connectivity index (χ0n) is 15.9. The van der Waals surface area contributed by atoms with E-state index in [0.29, 0.717) is 24.2 Å². The van der Waals surface area contributed by atoms with E-state index >= 15 is 0 Å². The maximum atomic E-state index is 13.0.